The first-order valence-electron chi connectivity index (χ1n) is 4.79. The van der Waals surface area contributed by atoms with Crippen LogP contribution in [0.15, 0.2) is 0 Å². The Morgan fingerprint density at radius 2 is 1.86 bits per heavy atom. The molecule has 5 heteroatoms. The third-order valence-corrected chi connectivity index (χ3v) is 1.66. The van der Waals surface area contributed by atoms with Crippen LogP contribution in [0, 0.1) is 0 Å². The van der Waals surface area contributed by atoms with Gasteiger partial charge in [-0.3, -0.25) is 4.79 Å². The normalized spacial score (nSPS) is 9.29. The third kappa shape index (κ3) is 7.39. The number of hydrogen-bond donors (Lipinski definition) is 2. The van der Waals surface area contributed by atoms with Crippen LogP contribution in [0.3, 0.4) is 0 Å². The average Bonchev–Trinajstić information content (AvgIpc) is 2.18. The highest BCUT2D eigenvalue weighted by Crippen LogP contribution is 1.83. The van der Waals surface area contributed by atoms with Crippen LogP contribution in [0.2, 0.25) is 0 Å². The lowest BCUT2D eigenvalue weighted by molar-refractivity contribution is -0.140. The predicted molar refractivity (Wildman–Crippen MR) is 52.9 cm³/mol. The lowest BCUT2D eigenvalue weighted by Crippen LogP contribution is -2.37. The minimum Gasteiger partial charge on any atom is -0.469 e. The Morgan fingerprint density at radius 1 is 1.21 bits per heavy atom. The van der Waals surface area contributed by atoms with Crippen molar-refractivity contribution in [2.24, 2.45) is 0 Å². The third-order valence-electron chi connectivity index (χ3n) is 1.66. The molecule has 0 fully saturated rings. The molecule has 0 aromatic heterocycles. The summed E-state index contributed by atoms with van der Waals surface area (Å²) in [4.78, 5) is 21.7. The summed E-state index contributed by atoms with van der Waals surface area (Å²) in [6.45, 7) is 3.03. The van der Waals surface area contributed by atoms with Crippen LogP contribution < -0.4 is 10.6 Å². The molecule has 0 saturated heterocycles. The SMILES string of the molecule is CCCCNC(=O)NCCC(=O)OC. The van der Waals surface area contributed by atoms with Crippen LogP contribution >= 0.6 is 0 Å². The van der Waals surface area contributed by atoms with Gasteiger partial charge in [0, 0.05) is 13.1 Å². The number of carbonyl (C=O) groups excluding carboxylic acids is 2. The monoisotopic (exact) mass is 202 g/mol. The maximum Gasteiger partial charge on any atom is 0.314 e. The first-order valence-corrected chi connectivity index (χ1v) is 4.79. The molecule has 2 N–H and O–H groups in total. The number of rotatable bonds is 6. The van der Waals surface area contributed by atoms with Crippen molar-refractivity contribution in [3.63, 3.8) is 0 Å². The molecule has 0 aliphatic heterocycles. The van der Waals surface area contributed by atoms with E-state index in [0.717, 1.165) is 12.8 Å². The fourth-order valence-electron chi connectivity index (χ4n) is 0.821. The van der Waals surface area contributed by atoms with Gasteiger partial charge >= 0.3 is 12.0 Å². The van der Waals surface area contributed by atoms with Crippen LogP contribution in [-0.4, -0.2) is 32.2 Å². The number of nitrogens with one attached hydrogen (secondary N) is 2. The molecule has 0 aromatic carbocycles. The molecule has 0 saturated carbocycles. The highest BCUT2D eigenvalue weighted by molar-refractivity contribution is 5.75. The van der Waals surface area contributed by atoms with Gasteiger partial charge in [0.25, 0.3) is 0 Å². The Morgan fingerprint density at radius 3 is 2.43 bits per heavy atom. The zero-order valence-corrected chi connectivity index (χ0v) is 8.76. The number of carbonyl (C=O) groups is 2. The number of esters is 1. The molecule has 82 valence electrons. The van der Waals surface area contributed by atoms with Gasteiger partial charge in [-0.1, -0.05) is 13.3 Å². The first-order chi connectivity index (χ1) is 6.70. The molecule has 0 rings (SSSR count). The fourth-order valence-corrected chi connectivity index (χ4v) is 0.821. The van der Waals surface area contributed by atoms with Crippen molar-refractivity contribution in [1.82, 2.24) is 10.6 Å². The summed E-state index contributed by atoms with van der Waals surface area (Å²) < 4.78 is 4.42. The van der Waals surface area contributed by atoms with Gasteiger partial charge < -0.3 is 15.4 Å². The maximum absolute atomic E-state index is 11.0. The summed E-state index contributed by atoms with van der Waals surface area (Å²) in [5.41, 5.74) is 0. The van der Waals surface area contributed by atoms with E-state index in [0.29, 0.717) is 13.1 Å². The van der Waals surface area contributed by atoms with Crippen molar-refractivity contribution in [2.75, 3.05) is 20.2 Å². The van der Waals surface area contributed by atoms with Crippen LogP contribution in [-0.2, 0) is 9.53 Å². The minimum atomic E-state index is -0.321. The summed E-state index contributed by atoms with van der Waals surface area (Å²) in [6.07, 6.45) is 2.21. The molecule has 0 radical (unpaired) electrons. The van der Waals surface area contributed by atoms with Crippen LogP contribution in [0.1, 0.15) is 26.2 Å². The number of ether oxygens (including phenoxy) is 1. The number of amides is 2. The van der Waals surface area contributed by atoms with Crippen molar-refractivity contribution in [3.05, 3.63) is 0 Å². The second kappa shape index (κ2) is 8.34. The number of urea groups is 1. The summed E-state index contributed by atoms with van der Waals surface area (Å²) in [6, 6.07) is -0.234. The second-order valence-corrected chi connectivity index (χ2v) is 2.86. The van der Waals surface area contributed by atoms with Gasteiger partial charge in [-0.05, 0) is 6.42 Å². The van der Waals surface area contributed by atoms with E-state index >= 15 is 0 Å². The lowest BCUT2D eigenvalue weighted by atomic mass is 10.3. The Kier molecular flexibility index (Phi) is 7.59. The highest BCUT2D eigenvalue weighted by atomic mass is 16.5. The Hall–Kier alpha value is -1.26. The number of methoxy groups -OCH3 is 1. The zero-order chi connectivity index (χ0) is 10.8. The van der Waals surface area contributed by atoms with Gasteiger partial charge in [0.15, 0.2) is 0 Å². The fraction of sp³-hybridized carbons (Fsp3) is 0.778. The molecule has 0 aliphatic carbocycles. The molecular weight excluding hydrogens is 184 g/mol. The van der Waals surface area contributed by atoms with Crippen molar-refractivity contribution in [1.29, 1.82) is 0 Å². The standard InChI is InChI=1S/C9H18N2O3/c1-3-4-6-10-9(13)11-7-5-8(12)14-2/h3-7H2,1-2H3,(H2,10,11,13). The van der Waals surface area contributed by atoms with E-state index in [2.05, 4.69) is 22.3 Å². The quantitative estimate of drug-likeness (QED) is 0.491. The van der Waals surface area contributed by atoms with E-state index in [9.17, 15) is 9.59 Å². The number of hydrogen-bond acceptors (Lipinski definition) is 3. The minimum absolute atomic E-state index is 0.206. The van der Waals surface area contributed by atoms with Crippen LogP contribution in [0.4, 0.5) is 4.79 Å². The van der Waals surface area contributed by atoms with Crippen LogP contribution in [0.5, 0.6) is 0 Å². The molecule has 0 bridgehead atoms. The molecular formula is C9H18N2O3. The molecule has 0 heterocycles. The van der Waals surface area contributed by atoms with E-state index in [-0.39, 0.29) is 18.4 Å². The van der Waals surface area contributed by atoms with Crippen molar-refractivity contribution < 1.29 is 14.3 Å². The molecule has 5 nitrogen and oxygen atoms in total. The maximum atomic E-state index is 11.0. The largest absolute Gasteiger partial charge is 0.469 e. The van der Waals surface area contributed by atoms with Crippen molar-refractivity contribution in [3.8, 4) is 0 Å². The molecule has 0 aliphatic rings. The summed E-state index contributed by atoms with van der Waals surface area (Å²) >= 11 is 0. The topological polar surface area (TPSA) is 67.4 Å². The van der Waals surface area contributed by atoms with Crippen LogP contribution in [0.25, 0.3) is 0 Å². The van der Waals surface area contributed by atoms with E-state index < -0.39 is 0 Å². The number of unbranched alkanes of at least 4 members (excludes halogenated alkanes) is 1. The summed E-state index contributed by atoms with van der Waals surface area (Å²) in [5, 5.41) is 5.23. The molecule has 0 unspecified atom stereocenters. The van der Waals surface area contributed by atoms with Gasteiger partial charge in [-0.25, -0.2) is 4.79 Å². The Labute approximate surface area is 84.2 Å². The smallest absolute Gasteiger partial charge is 0.314 e. The summed E-state index contributed by atoms with van der Waals surface area (Å²) in [7, 11) is 1.32. The molecule has 0 spiro atoms. The molecule has 0 aromatic rings. The van der Waals surface area contributed by atoms with E-state index in [1.165, 1.54) is 7.11 Å². The van der Waals surface area contributed by atoms with Crippen molar-refractivity contribution in [2.45, 2.75) is 26.2 Å². The molecule has 14 heavy (non-hydrogen) atoms. The van der Waals surface area contributed by atoms with E-state index in [4.69, 9.17) is 0 Å². The van der Waals surface area contributed by atoms with Gasteiger partial charge in [-0.2, -0.15) is 0 Å². The average molecular weight is 202 g/mol. The van der Waals surface area contributed by atoms with Gasteiger partial charge in [0.1, 0.15) is 0 Å². The Bertz CT molecular complexity index is 183. The van der Waals surface area contributed by atoms with E-state index in [1.54, 1.807) is 0 Å². The molecule has 2 amide bonds. The van der Waals surface area contributed by atoms with Gasteiger partial charge in [-0.15, -0.1) is 0 Å². The van der Waals surface area contributed by atoms with Gasteiger partial charge in [0.05, 0.1) is 13.5 Å². The Balaban J connectivity index is 3.31. The first kappa shape index (κ1) is 12.7. The highest BCUT2D eigenvalue weighted by Gasteiger charge is 2.01. The lowest BCUT2D eigenvalue weighted by Gasteiger charge is -2.05. The van der Waals surface area contributed by atoms with Crippen molar-refractivity contribution >= 4 is 12.0 Å². The van der Waals surface area contributed by atoms with E-state index in [1.807, 2.05) is 0 Å². The van der Waals surface area contributed by atoms with Gasteiger partial charge in [0.2, 0.25) is 0 Å². The summed E-state index contributed by atoms with van der Waals surface area (Å²) in [5.74, 6) is -0.321. The predicted octanol–water partition coefficient (Wildman–Crippen LogP) is 0.649. The second-order valence-electron chi connectivity index (χ2n) is 2.86. The zero-order valence-electron chi connectivity index (χ0n) is 8.76. The molecule has 0 atom stereocenters.